The van der Waals surface area contributed by atoms with Gasteiger partial charge in [0, 0.05) is 6.42 Å². The van der Waals surface area contributed by atoms with Crippen LogP contribution < -0.4 is 14.2 Å². The Hall–Kier alpha value is -3.01. The summed E-state index contributed by atoms with van der Waals surface area (Å²) in [6.07, 6.45) is 0.912. The summed E-state index contributed by atoms with van der Waals surface area (Å²) in [5.41, 5.74) is 1.02. The standard InChI is InChI=1S/C20H16O4/c21-20(10-6-14-5-9-18-19(11-14)23-13-22-18)24-17-8-7-15-3-1-2-4-16(15)12-17/h1-5,7-9,11-12H,6,10,13H2. The van der Waals surface area contributed by atoms with Crippen molar-refractivity contribution in [2.24, 2.45) is 0 Å². The minimum atomic E-state index is -0.247. The summed E-state index contributed by atoms with van der Waals surface area (Å²) in [5.74, 6) is 1.81. The summed E-state index contributed by atoms with van der Waals surface area (Å²) in [6, 6.07) is 19.4. The third kappa shape index (κ3) is 3.04. The van der Waals surface area contributed by atoms with Crippen molar-refractivity contribution in [3.63, 3.8) is 0 Å². The summed E-state index contributed by atoms with van der Waals surface area (Å²) < 4.78 is 16.1. The maximum atomic E-state index is 12.1. The lowest BCUT2D eigenvalue weighted by Gasteiger charge is -2.06. The van der Waals surface area contributed by atoms with Crippen molar-refractivity contribution in [1.29, 1.82) is 0 Å². The number of hydrogen-bond acceptors (Lipinski definition) is 4. The maximum absolute atomic E-state index is 12.1. The van der Waals surface area contributed by atoms with Crippen LogP contribution in [0.3, 0.4) is 0 Å². The minimum absolute atomic E-state index is 0.247. The number of ether oxygens (including phenoxy) is 3. The van der Waals surface area contributed by atoms with E-state index in [2.05, 4.69) is 0 Å². The fourth-order valence-electron chi connectivity index (χ4n) is 2.76. The monoisotopic (exact) mass is 320 g/mol. The number of benzene rings is 3. The lowest BCUT2D eigenvalue weighted by molar-refractivity contribution is -0.134. The quantitative estimate of drug-likeness (QED) is 0.536. The number of fused-ring (bicyclic) bond motifs is 2. The van der Waals surface area contributed by atoms with Gasteiger partial charge in [-0.2, -0.15) is 0 Å². The molecule has 4 rings (SSSR count). The molecule has 0 aromatic heterocycles. The molecule has 0 saturated carbocycles. The molecule has 4 nitrogen and oxygen atoms in total. The molecule has 120 valence electrons. The normalized spacial score (nSPS) is 12.3. The fraction of sp³-hybridized carbons (Fsp3) is 0.150. The average Bonchev–Trinajstić information content (AvgIpc) is 3.07. The summed E-state index contributed by atoms with van der Waals surface area (Å²) >= 11 is 0. The topological polar surface area (TPSA) is 44.8 Å². The van der Waals surface area contributed by atoms with Crippen molar-refractivity contribution >= 4 is 16.7 Å². The average molecular weight is 320 g/mol. The Labute approximate surface area is 139 Å². The van der Waals surface area contributed by atoms with Crippen molar-refractivity contribution in [1.82, 2.24) is 0 Å². The van der Waals surface area contributed by atoms with E-state index in [9.17, 15) is 4.79 Å². The smallest absolute Gasteiger partial charge is 0.311 e. The first-order valence-corrected chi connectivity index (χ1v) is 7.86. The van der Waals surface area contributed by atoms with Crippen LogP contribution in [-0.2, 0) is 11.2 Å². The first-order valence-electron chi connectivity index (χ1n) is 7.86. The largest absolute Gasteiger partial charge is 0.454 e. The SMILES string of the molecule is O=C(CCc1ccc2c(c1)OCO2)Oc1ccc2ccccc2c1. The lowest BCUT2D eigenvalue weighted by Crippen LogP contribution is -2.09. The van der Waals surface area contributed by atoms with E-state index in [1.165, 1.54) is 0 Å². The molecule has 4 heteroatoms. The molecule has 1 heterocycles. The van der Waals surface area contributed by atoms with E-state index in [0.29, 0.717) is 18.6 Å². The molecule has 0 atom stereocenters. The number of carbonyl (C=O) groups is 1. The molecule has 1 aliphatic rings. The van der Waals surface area contributed by atoms with Gasteiger partial charge in [-0.25, -0.2) is 0 Å². The van der Waals surface area contributed by atoms with Crippen LogP contribution in [0.15, 0.2) is 60.7 Å². The Morgan fingerprint density at radius 1 is 0.917 bits per heavy atom. The molecular formula is C20H16O4. The van der Waals surface area contributed by atoms with Gasteiger partial charge >= 0.3 is 5.97 Å². The highest BCUT2D eigenvalue weighted by Gasteiger charge is 2.14. The molecule has 0 aliphatic carbocycles. The second kappa shape index (κ2) is 6.24. The summed E-state index contributed by atoms with van der Waals surface area (Å²) in [5, 5.41) is 2.18. The van der Waals surface area contributed by atoms with E-state index in [4.69, 9.17) is 14.2 Å². The molecule has 1 aliphatic heterocycles. The van der Waals surface area contributed by atoms with Gasteiger partial charge in [0.15, 0.2) is 11.5 Å². The highest BCUT2D eigenvalue weighted by molar-refractivity contribution is 5.84. The number of aryl methyl sites for hydroxylation is 1. The van der Waals surface area contributed by atoms with E-state index >= 15 is 0 Å². The van der Waals surface area contributed by atoms with Gasteiger partial charge in [-0.15, -0.1) is 0 Å². The van der Waals surface area contributed by atoms with Crippen molar-refractivity contribution in [2.75, 3.05) is 6.79 Å². The van der Waals surface area contributed by atoms with Gasteiger partial charge in [0.05, 0.1) is 0 Å². The molecule has 0 amide bonds. The molecule has 0 saturated heterocycles. The molecule has 0 radical (unpaired) electrons. The maximum Gasteiger partial charge on any atom is 0.311 e. The Morgan fingerprint density at radius 2 is 1.75 bits per heavy atom. The van der Waals surface area contributed by atoms with Crippen molar-refractivity contribution < 1.29 is 19.0 Å². The zero-order valence-corrected chi connectivity index (χ0v) is 13.0. The van der Waals surface area contributed by atoms with E-state index in [1.807, 2.05) is 60.7 Å². The van der Waals surface area contributed by atoms with Gasteiger partial charge in [-0.3, -0.25) is 4.79 Å². The van der Waals surface area contributed by atoms with Gasteiger partial charge < -0.3 is 14.2 Å². The van der Waals surface area contributed by atoms with Gasteiger partial charge in [0.1, 0.15) is 5.75 Å². The van der Waals surface area contributed by atoms with Crippen LogP contribution in [0.4, 0.5) is 0 Å². The van der Waals surface area contributed by atoms with Gasteiger partial charge in [0.2, 0.25) is 6.79 Å². The zero-order chi connectivity index (χ0) is 16.4. The van der Waals surface area contributed by atoms with E-state index in [0.717, 1.165) is 27.8 Å². The molecule has 0 fully saturated rings. The third-order valence-corrected chi connectivity index (χ3v) is 4.01. The van der Waals surface area contributed by atoms with E-state index < -0.39 is 0 Å². The van der Waals surface area contributed by atoms with Gasteiger partial charge in [-0.1, -0.05) is 36.4 Å². The predicted octanol–water partition coefficient (Wildman–Crippen LogP) is 4.11. The molecule has 24 heavy (non-hydrogen) atoms. The Kier molecular flexibility index (Phi) is 3.79. The number of hydrogen-bond donors (Lipinski definition) is 0. The van der Waals surface area contributed by atoms with Gasteiger partial charge in [0.25, 0.3) is 0 Å². The Bertz CT molecular complexity index is 901. The van der Waals surface area contributed by atoms with Crippen LogP contribution in [0.25, 0.3) is 10.8 Å². The van der Waals surface area contributed by atoms with E-state index in [1.54, 1.807) is 0 Å². The number of esters is 1. The van der Waals surface area contributed by atoms with Crippen molar-refractivity contribution in [2.45, 2.75) is 12.8 Å². The first-order chi connectivity index (χ1) is 11.8. The van der Waals surface area contributed by atoms with Crippen LogP contribution in [0, 0.1) is 0 Å². The molecule has 3 aromatic carbocycles. The predicted molar refractivity (Wildman–Crippen MR) is 90.5 cm³/mol. The molecule has 0 spiro atoms. The third-order valence-electron chi connectivity index (χ3n) is 4.01. The Balaban J connectivity index is 1.39. The first kappa shape index (κ1) is 14.6. The lowest BCUT2D eigenvalue weighted by atomic mass is 10.1. The van der Waals surface area contributed by atoms with Gasteiger partial charge in [-0.05, 0) is 47.0 Å². The van der Waals surface area contributed by atoms with Crippen LogP contribution in [0.1, 0.15) is 12.0 Å². The van der Waals surface area contributed by atoms with Crippen LogP contribution in [0.5, 0.6) is 17.2 Å². The fourth-order valence-corrected chi connectivity index (χ4v) is 2.76. The van der Waals surface area contributed by atoms with Crippen LogP contribution >= 0.6 is 0 Å². The van der Waals surface area contributed by atoms with Crippen LogP contribution in [0.2, 0.25) is 0 Å². The van der Waals surface area contributed by atoms with Crippen molar-refractivity contribution in [3.05, 3.63) is 66.2 Å². The second-order valence-electron chi connectivity index (χ2n) is 5.67. The molecule has 3 aromatic rings. The van der Waals surface area contributed by atoms with Crippen LogP contribution in [-0.4, -0.2) is 12.8 Å². The molecule has 0 N–H and O–H groups in total. The minimum Gasteiger partial charge on any atom is -0.454 e. The zero-order valence-electron chi connectivity index (χ0n) is 13.0. The highest BCUT2D eigenvalue weighted by Crippen LogP contribution is 2.32. The van der Waals surface area contributed by atoms with Crippen molar-refractivity contribution in [3.8, 4) is 17.2 Å². The Morgan fingerprint density at radius 3 is 2.67 bits per heavy atom. The summed E-state index contributed by atoms with van der Waals surface area (Å²) in [4.78, 5) is 12.1. The highest BCUT2D eigenvalue weighted by atomic mass is 16.7. The molecular weight excluding hydrogens is 304 g/mol. The molecule has 0 bridgehead atoms. The second-order valence-corrected chi connectivity index (χ2v) is 5.67. The molecule has 0 unspecified atom stereocenters. The summed E-state index contributed by atoms with van der Waals surface area (Å²) in [7, 11) is 0. The summed E-state index contributed by atoms with van der Waals surface area (Å²) in [6.45, 7) is 0.253. The number of rotatable bonds is 4. The number of carbonyl (C=O) groups excluding carboxylic acids is 1. The van der Waals surface area contributed by atoms with E-state index in [-0.39, 0.29) is 12.8 Å².